The Morgan fingerprint density at radius 3 is 2.54 bits per heavy atom. The van der Waals surface area contributed by atoms with Gasteiger partial charge < -0.3 is 20.1 Å². The zero-order valence-corrected chi connectivity index (χ0v) is 14.7. The summed E-state index contributed by atoms with van der Waals surface area (Å²) >= 11 is 0. The van der Waals surface area contributed by atoms with Crippen LogP contribution >= 0.6 is 0 Å². The van der Waals surface area contributed by atoms with Gasteiger partial charge in [0, 0.05) is 16.5 Å². The number of aromatic amines is 1. The summed E-state index contributed by atoms with van der Waals surface area (Å²) in [5.41, 5.74) is 1.50. The highest BCUT2D eigenvalue weighted by Gasteiger charge is 2.23. The zero-order chi connectivity index (χ0) is 18.1. The Hall–Kier alpha value is -2.34. The van der Waals surface area contributed by atoms with Crippen LogP contribution in [0.5, 0.6) is 5.75 Å². The molecule has 1 heterocycles. The van der Waals surface area contributed by atoms with Gasteiger partial charge in [-0.25, -0.2) is 4.79 Å². The molecule has 0 aliphatic rings. The van der Waals surface area contributed by atoms with Crippen molar-refractivity contribution >= 4 is 22.7 Å². The van der Waals surface area contributed by atoms with Gasteiger partial charge >= 0.3 is 5.97 Å². The van der Waals surface area contributed by atoms with E-state index in [0.29, 0.717) is 22.0 Å². The van der Waals surface area contributed by atoms with E-state index in [1.54, 1.807) is 19.9 Å². The number of esters is 1. The van der Waals surface area contributed by atoms with E-state index in [1.165, 1.54) is 6.07 Å². The van der Waals surface area contributed by atoms with Crippen LogP contribution in [0, 0.1) is 6.92 Å². The number of Topliss-reactive ketones (excluding diaryl/α,β-unsaturated/α-hetero) is 1. The third-order valence-electron chi connectivity index (χ3n) is 3.74. The Bertz CT molecular complexity index is 784. The number of benzene rings is 1. The molecule has 6 heteroatoms. The van der Waals surface area contributed by atoms with Crippen LogP contribution in [0.4, 0.5) is 0 Å². The number of carbonyl (C=O) groups is 2. The summed E-state index contributed by atoms with van der Waals surface area (Å²) in [6.07, 6.45) is 0. The first kappa shape index (κ1) is 18.0. The molecule has 0 bridgehead atoms. The Kier molecular flexibility index (Phi) is 4.99. The van der Waals surface area contributed by atoms with E-state index in [9.17, 15) is 14.7 Å². The molecule has 0 atom stereocenters. The van der Waals surface area contributed by atoms with Crippen LogP contribution in [0.2, 0.25) is 0 Å². The van der Waals surface area contributed by atoms with Gasteiger partial charge in [-0.3, -0.25) is 4.79 Å². The van der Waals surface area contributed by atoms with Crippen LogP contribution in [-0.2, 0) is 4.74 Å². The molecule has 3 N–H and O–H groups in total. The number of aromatic nitrogens is 1. The van der Waals surface area contributed by atoms with Gasteiger partial charge in [0.15, 0.2) is 5.78 Å². The summed E-state index contributed by atoms with van der Waals surface area (Å²) in [6.45, 7) is 9.82. The summed E-state index contributed by atoms with van der Waals surface area (Å²) in [5, 5.41) is 13.8. The fourth-order valence-electron chi connectivity index (χ4n) is 2.53. The number of hydrogen-bond acceptors (Lipinski definition) is 5. The maximum atomic E-state index is 12.6. The minimum absolute atomic E-state index is 0.0102. The number of ether oxygens (including phenoxy) is 1. The van der Waals surface area contributed by atoms with Crippen molar-refractivity contribution in [2.24, 2.45) is 0 Å². The lowest BCUT2D eigenvalue weighted by Crippen LogP contribution is -2.39. The maximum absolute atomic E-state index is 12.6. The number of carbonyl (C=O) groups excluding carboxylic acids is 2. The average Bonchev–Trinajstić information content (AvgIpc) is 2.84. The second-order valence-corrected chi connectivity index (χ2v) is 6.75. The van der Waals surface area contributed by atoms with Gasteiger partial charge in [0.1, 0.15) is 11.4 Å². The largest absolute Gasteiger partial charge is 0.506 e. The van der Waals surface area contributed by atoms with Crippen LogP contribution in [0.1, 0.15) is 54.1 Å². The van der Waals surface area contributed by atoms with Crippen molar-refractivity contribution in [1.82, 2.24) is 10.3 Å². The second kappa shape index (κ2) is 6.65. The van der Waals surface area contributed by atoms with Gasteiger partial charge in [0.25, 0.3) is 0 Å². The fraction of sp³-hybridized carbons (Fsp3) is 0.444. The number of phenolic OH excluding ortho intramolecular Hbond substituents is 1. The average molecular weight is 332 g/mol. The van der Waals surface area contributed by atoms with Crippen LogP contribution in [0.3, 0.4) is 0 Å². The first-order chi connectivity index (χ1) is 11.2. The molecule has 1 aromatic carbocycles. The van der Waals surface area contributed by atoms with Crippen molar-refractivity contribution in [1.29, 1.82) is 0 Å². The van der Waals surface area contributed by atoms with Gasteiger partial charge in [-0.15, -0.1) is 0 Å². The molecule has 130 valence electrons. The number of nitrogens with one attached hydrogen (secondary N) is 2. The van der Waals surface area contributed by atoms with Gasteiger partial charge in [-0.1, -0.05) is 0 Å². The Morgan fingerprint density at radius 1 is 1.29 bits per heavy atom. The van der Waals surface area contributed by atoms with Gasteiger partial charge in [-0.2, -0.15) is 0 Å². The van der Waals surface area contributed by atoms with Crippen molar-refractivity contribution in [2.75, 3.05) is 13.2 Å². The standard InChI is InChI=1S/C18H24N2O4/c1-6-24-17(23)15-10(2)14-11(7-8-12(21)16(14)20-15)13(22)9-19-18(3,4)5/h7-8,19-21H,6,9H2,1-5H3. The minimum atomic E-state index is -0.503. The number of H-pyrrole nitrogens is 1. The number of aryl methyl sites for hydroxylation is 1. The Morgan fingerprint density at radius 2 is 1.96 bits per heavy atom. The lowest BCUT2D eigenvalue weighted by molar-refractivity contribution is 0.0519. The second-order valence-electron chi connectivity index (χ2n) is 6.75. The molecule has 0 spiro atoms. The molecule has 24 heavy (non-hydrogen) atoms. The molecule has 2 aromatic rings. The topological polar surface area (TPSA) is 91.4 Å². The molecule has 0 saturated carbocycles. The summed E-state index contributed by atoms with van der Waals surface area (Å²) in [6, 6.07) is 3.04. The van der Waals surface area contributed by atoms with E-state index in [2.05, 4.69) is 10.3 Å². The van der Waals surface area contributed by atoms with E-state index in [0.717, 1.165) is 0 Å². The lowest BCUT2D eigenvalue weighted by Gasteiger charge is -2.20. The summed E-state index contributed by atoms with van der Waals surface area (Å²) < 4.78 is 5.02. The van der Waals surface area contributed by atoms with E-state index < -0.39 is 5.97 Å². The highest BCUT2D eigenvalue weighted by Crippen LogP contribution is 2.32. The molecule has 1 aromatic heterocycles. The molecule has 0 fully saturated rings. The number of aromatic hydroxyl groups is 1. The monoisotopic (exact) mass is 332 g/mol. The van der Waals surface area contributed by atoms with Crippen LogP contribution < -0.4 is 5.32 Å². The predicted molar refractivity (Wildman–Crippen MR) is 92.7 cm³/mol. The highest BCUT2D eigenvalue weighted by molar-refractivity contribution is 6.13. The normalized spacial score (nSPS) is 11.7. The van der Waals surface area contributed by atoms with Crippen molar-refractivity contribution in [3.8, 4) is 5.75 Å². The molecule has 6 nitrogen and oxygen atoms in total. The first-order valence-corrected chi connectivity index (χ1v) is 7.95. The fourth-order valence-corrected chi connectivity index (χ4v) is 2.53. The number of rotatable bonds is 5. The summed E-state index contributed by atoms with van der Waals surface area (Å²) in [7, 11) is 0. The SMILES string of the molecule is CCOC(=O)c1[nH]c2c(O)ccc(C(=O)CNC(C)(C)C)c2c1C. The number of fused-ring (bicyclic) bond motifs is 1. The third-order valence-corrected chi connectivity index (χ3v) is 3.74. The zero-order valence-electron chi connectivity index (χ0n) is 14.7. The minimum Gasteiger partial charge on any atom is -0.506 e. The lowest BCUT2D eigenvalue weighted by atomic mass is 10.0. The van der Waals surface area contributed by atoms with Crippen molar-refractivity contribution in [3.05, 3.63) is 29.0 Å². The predicted octanol–water partition coefficient (Wildman–Crippen LogP) is 2.93. The van der Waals surface area contributed by atoms with Gasteiger partial charge in [0.2, 0.25) is 0 Å². The Labute approximate surface area is 141 Å². The number of ketones is 1. The van der Waals surface area contributed by atoms with Gasteiger partial charge in [0.05, 0.1) is 18.7 Å². The molecule has 0 amide bonds. The van der Waals surface area contributed by atoms with Crippen LogP contribution in [0.25, 0.3) is 10.9 Å². The van der Waals surface area contributed by atoms with Gasteiger partial charge in [-0.05, 0) is 52.3 Å². The molecular weight excluding hydrogens is 308 g/mol. The van der Waals surface area contributed by atoms with E-state index in [1.807, 2.05) is 20.8 Å². The summed E-state index contributed by atoms with van der Waals surface area (Å²) in [4.78, 5) is 27.5. The quantitative estimate of drug-likeness (QED) is 0.578. The molecular formula is C18H24N2O4. The van der Waals surface area contributed by atoms with Crippen molar-refractivity contribution < 1.29 is 19.4 Å². The smallest absolute Gasteiger partial charge is 0.355 e. The van der Waals surface area contributed by atoms with Crippen molar-refractivity contribution in [3.63, 3.8) is 0 Å². The van der Waals surface area contributed by atoms with Crippen LogP contribution in [-0.4, -0.2) is 40.5 Å². The van der Waals surface area contributed by atoms with E-state index in [-0.39, 0.29) is 35.9 Å². The Balaban J connectivity index is 2.50. The van der Waals surface area contributed by atoms with Crippen molar-refractivity contribution in [2.45, 2.75) is 40.2 Å². The first-order valence-electron chi connectivity index (χ1n) is 7.95. The highest BCUT2D eigenvalue weighted by atomic mass is 16.5. The molecule has 0 aliphatic heterocycles. The molecule has 0 aliphatic carbocycles. The third kappa shape index (κ3) is 3.59. The molecule has 0 unspecified atom stereocenters. The maximum Gasteiger partial charge on any atom is 0.355 e. The number of phenols is 1. The molecule has 0 radical (unpaired) electrons. The number of hydrogen-bond donors (Lipinski definition) is 3. The van der Waals surface area contributed by atoms with E-state index >= 15 is 0 Å². The van der Waals surface area contributed by atoms with E-state index in [4.69, 9.17) is 4.74 Å². The molecule has 2 rings (SSSR count). The molecule has 0 saturated heterocycles. The summed E-state index contributed by atoms with van der Waals surface area (Å²) in [5.74, 6) is -0.617. The van der Waals surface area contributed by atoms with Crippen LogP contribution in [0.15, 0.2) is 12.1 Å².